The monoisotopic (exact) mass is 192 g/mol. The van der Waals surface area contributed by atoms with Crippen LogP contribution in [-0.4, -0.2) is 5.78 Å². The van der Waals surface area contributed by atoms with Crippen LogP contribution in [0.15, 0.2) is 16.8 Å². The summed E-state index contributed by atoms with van der Waals surface area (Å²) in [4.78, 5) is 11.3. The second kappa shape index (κ2) is 5.55. The van der Waals surface area contributed by atoms with E-state index in [0.717, 1.165) is 12.0 Å². The van der Waals surface area contributed by atoms with Crippen molar-refractivity contribution in [3.8, 4) is 12.3 Å². The van der Waals surface area contributed by atoms with Gasteiger partial charge in [0.15, 0.2) is 0 Å². The second-order valence-electron chi connectivity index (χ2n) is 2.90. The van der Waals surface area contributed by atoms with Crippen molar-refractivity contribution in [2.45, 2.75) is 25.7 Å². The van der Waals surface area contributed by atoms with Crippen molar-refractivity contribution in [2.24, 2.45) is 0 Å². The Balaban J connectivity index is 2.23. The molecule has 1 rings (SSSR count). The third-order valence-electron chi connectivity index (χ3n) is 1.76. The molecule has 0 fully saturated rings. The van der Waals surface area contributed by atoms with E-state index < -0.39 is 0 Å². The normalized spacial score (nSPS) is 9.46. The predicted molar refractivity (Wildman–Crippen MR) is 55.7 cm³/mol. The SMILES string of the molecule is C#CCCCC(=O)Cc1ccsc1. The van der Waals surface area contributed by atoms with Crippen molar-refractivity contribution in [1.29, 1.82) is 0 Å². The first kappa shape index (κ1) is 10.0. The fraction of sp³-hybridized carbons (Fsp3) is 0.364. The fourth-order valence-electron chi connectivity index (χ4n) is 1.10. The maximum absolute atomic E-state index is 11.3. The molecule has 0 aliphatic rings. The van der Waals surface area contributed by atoms with E-state index >= 15 is 0 Å². The van der Waals surface area contributed by atoms with E-state index in [2.05, 4.69) is 5.92 Å². The number of hydrogen-bond donors (Lipinski definition) is 0. The Kier molecular flexibility index (Phi) is 4.28. The van der Waals surface area contributed by atoms with E-state index in [9.17, 15) is 4.79 Å². The van der Waals surface area contributed by atoms with Crippen LogP contribution >= 0.6 is 11.3 Å². The Morgan fingerprint density at radius 1 is 1.62 bits per heavy atom. The number of terminal acetylenes is 1. The van der Waals surface area contributed by atoms with Crippen LogP contribution in [0.25, 0.3) is 0 Å². The van der Waals surface area contributed by atoms with Gasteiger partial charge in [-0.2, -0.15) is 11.3 Å². The van der Waals surface area contributed by atoms with Crippen molar-refractivity contribution in [3.05, 3.63) is 22.4 Å². The maximum Gasteiger partial charge on any atom is 0.137 e. The number of thiophene rings is 1. The smallest absolute Gasteiger partial charge is 0.137 e. The third kappa shape index (κ3) is 3.91. The highest BCUT2D eigenvalue weighted by atomic mass is 32.1. The number of unbranched alkanes of at least 4 members (excludes halogenated alkanes) is 1. The second-order valence-corrected chi connectivity index (χ2v) is 3.68. The van der Waals surface area contributed by atoms with E-state index in [-0.39, 0.29) is 5.78 Å². The van der Waals surface area contributed by atoms with Gasteiger partial charge in [-0.3, -0.25) is 4.79 Å². The van der Waals surface area contributed by atoms with Gasteiger partial charge in [-0.15, -0.1) is 12.3 Å². The topological polar surface area (TPSA) is 17.1 Å². The molecule has 1 heterocycles. The van der Waals surface area contributed by atoms with Gasteiger partial charge in [0, 0.05) is 19.3 Å². The van der Waals surface area contributed by atoms with E-state index in [1.54, 1.807) is 11.3 Å². The molecule has 0 aliphatic heterocycles. The molecule has 0 aromatic carbocycles. The van der Waals surface area contributed by atoms with Gasteiger partial charge in [-0.05, 0) is 28.8 Å². The van der Waals surface area contributed by atoms with Gasteiger partial charge in [0.25, 0.3) is 0 Å². The molecule has 13 heavy (non-hydrogen) atoms. The highest BCUT2D eigenvalue weighted by Crippen LogP contribution is 2.08. The zero-order chi connectivity index (χ0) is 9.52. The first-order valence-electron chi connectivity index (χ1n) is 4.29. The fourth-order valence-corrected chi connectivity index (χ4v) is 1.77. The molecule has 1 aromatic rings. The summed E-state index contributed by atoms with van der Waals surface area (Å²) < 4.78 is 0. The first-order valence-corrected chi connectivity index (χ1v) is 5.23. The van der Waals surface area contributed by atoms with Crippen LogP contribution in [0.4, 0.5) is 0 Å². The molecule has 0 aliphatic carbocycles. The summed E-state index contributed by atoms with van der Waals surface area (Å²) in [6.07, 6.45) is 7.79. The molecule has 2 heteroatoms. The van der Waals surface area contributed by atoms with Gasteiger partial charge >= 0.3 is 0 Å². The molecule has 0 saturated carbocycles. The molecular formula is C11H12OS. The summed E-state index contributed by atoms with van der Waals surface area (Å²) >= 11 is 1.63. The van der Waals surface area contributed by atoms with Crippen LogP contribution in [0.3, 0.4) is 0 Å². The minimum Gasteiger partial charge on any atom is -0.299 e. The molecule has 0 radical (unpaired) electrons. The largest absolute Gasteiger partial charge is 0.299 e. The van der Waals surface area contributed by atoms with Crippen molar-refractivity contribution in [2.75, 3.05) is 0 Å². The van der Waals surface area contributed by atoms with Gasteiger partial charge in [0.05, 0.1) is 0 Å². The molecule has 0 N–H and O–H groups in total. The van der Waals surface area contributed by atoms with Crippen molar-refractivity contribution < 1.29 is 4.79 Å². The average molecular weight is 192 g/mol. The summed E-state index contributed by atoms with van der Waals surface area (Å²) in [5.74, 6) is 2.82. The molecule has 0 atom stereocenters. The molecule has 1 nitrogen and oxygen atoms in total. The summed E-state index contributed by atoms with van der Waals surface area (Å²) in [5, 5.41) is 4.00. The molecule has 68 valence electrons. The van der Waals surface area contributed by atoms with E-state index in [0.29, 0.717) is 19.3 Å². The lowest BCUT2D eigenvalue weighted by molar-refractivity contribution is -0.118. The van der Waals surface area contributed by atoms with Crippen LogP contribution in [0.5, 0.6) is 0 Å². The van der Waals surface area contributed by atoms with Gasteiger partial charge < -0.3 is 0 Å². The average Bonchev–Trinajstić information content (AvgIpc) is 2.57. The van der Waals surface area contributed by atoms with Gasteiger partial charge in [-0.25, -0.2) is 0 Å². The van der Waals surface area contributed by atoms with Gasteiger partial charge in [-0.1, -0.05) is 0 Å². The summed E-state index contributed by atoms with van der Waals surface area (Å²) in [6, 6.07) is 1.99. The van der Waals surface area contributed by atoms with E-state index in [1.807, 2.05) is 16.8 Å². The molecule has 0 bridgehead atoms. The van der Waals surface area contributed by atoms with Crippen molar-refractivity contribution >= 4 is 17.1 Å². The Morgan fingerprint density at radius 2 is 2.46 bits per heavy atom. The lowest BCUT2D eigenvalue weighted by atomic mass is 10.1. The summed E-state index contributed by atoms with van der Waals surface area (Å²) in [6.45, 7) is 0. The summed E-state index contributed by atoms with van der Waals surface area (Å²) in [7, 11) is 0. The van der Waals surface area contributed by atoms with Crippen LogP contribution < -0.4 is 0 Å². The quantitative estimate of drug-likeness (QED) is 0.518. The molecular weight excluding hydrogens is 180 g/mol. The number of rotatable bonds is 5. The van der Waals surface area contributed by atoms with Crippen molar-refractivity contribution in [1.82, 2.24) is 0 Å². The van der Waals surface area contributed by atoms with E-state index in [1.165, 1.54) is 0 Å². The van der Waals surface area contributed by atoms with Crippen LogP contribution in [0.2, 0.25) is 0 Å². The number of ketones is 1. The lowest BCUT2D eigenvalue weighted by Crippen LogP contribution is -2.00. The highest BCUT2D eigenvalue weighted by molar-refractivity contribution is 7.07. The number of carbonyl (C=O) groups is 1. The molecule has 1 aromatic heterocycles. The third-order valence-corrected chi connectivity index (χ3v) is 2.49. The minimum atomic E-state index is 0.286. The zero-order valence-electron chi connectivity index (χ0n) is 7.45. The molecule has 0 spiro atoms. The Bertz CT molecular complexity index is 292. The lowest BCUT2D eigenvalue weighted by Gasteiger charge is -1.96. The Morgan fingerprint density at radius 3 is 3.08 bits per heavy atom. The first-order chi connectivity index (χ1) is 6.33. The predicted octanol–water partition coefficient (Wildman–Crippen LogP) is 2.66. The molecule has 0 amide bonds. The maximum atomic E-state index is 11.3. The number of Topliss-reactive ketones (excluding diaryl/α,β-unsaturated/α-hetero) is 1. The summed E-state index contributed by atoms with van der Waals surface area (Å²) in [5.41, 5.74) is 1.12. The standard InChI is InChI=1S/C11H12OS/c1-2-3-4-5-11(12)8-10-6-7-13-9-10/h1,6-7,9H,3-5,8H2. The zero-order valence-corrected chi connectivity index (χ0v) is 8.27. The number of carbonyl (C=O) groups excluding carboxylic acids is 1. The van der Waals surface area contributed by atoms with Crippen LogP contribution in [-0.2, 0) is 11.2 Å². The van der Waals surface area contributed by atoms with Gasteiger partial charge in [0.2, 0.25) is 0 Å². The van der Waals surface area contributed by atoms with Gasteiger partial charge in [0.1, 0.15) is 5.78 Å². The molecule has 0 unspecified atom stereocenters. The highest BCUT2D eigenvalue weighted by Gasteiger charge is 2.02. The van der Waals surface area contributed by atoms with Crippen LogP contribution in [0.1, 0.15) is 24.8 Å². The molecule has 0 saturated heterocycles. The van der Waals surface area contributed by atoms with E-state index in [4.69, 9.17) is 6.42 Å². The van der Waals surface area contributed by atoms with Crippen LogP contribution in [0, 0.1) is 12.3 Å². The Hall–Kier alpha value is -1.07. The van der Waals surface area contributed by atoms with Crippen molar-refractivity contribution in [3.63, 3.8) is 0 Å². The number of hydrogen-bond acceptors (Lipinski definition) is 2. The minimum absolute atomic E-state index is 0.286. The Labute approximate surface area is 82.8 Å².